The molecular formula is C13H12F3N3O. The first-order chi connectivity index (χ1) is 9.39. The minimum Gasteiger partial charge on any atom is -0.385 e. The monoisotopic (exact) mass is 283 g/mol. The van der Waals surface area contributed by atoms with Gasteiger partial charge in [0, 0.05) is 6.04 Å². The SMILES string of the molecule is NC1=NC(=O)N(C2CC2)C1c1ccccc1C(F)(F)F. The maximum absolute atomic E-state index is 13.1. The van der Waals surface area contributed by atoms with E-state index in [1.165, 1.54) is 23.1 Å². The fourth-order valence-corrected chi connectivity index (χ4v) is 2.50. The lowest BCUT2D eigenvalue weighted by molar-refractivity contribution is -0.138. The van der Waals surface area contributed by atoms with Crippen molar-refractivity contribution in [2.24, 2.45) is 10.7 Å². The average molecular weight is 283 g/mol. The van der Waals surface area contributed by atoms with Crippen molar-refractivity contribution in [1.82, 2.24) is 4.90 Å². The Morgan fingerprint density at radius 1 is 1.25 bits per heavy atom. The van der Waals surface area contributed by atoms with E-state index in [0.29, 0.717) is 0 Å². The van der Waals surface area contributed by atoms with Crippen LogP contribution in [0.1, 0.15) is 30.0 Å². The number of amides is 2. The van der Waals surface area contributed by atoms with Gasteiger partial charge in [-0.05, 0) is 24.5 Å². The highest BCUT2D eigenvalue weighted by Gasteiger charge is 2.46. The van der Waals surface area contributed by atoms with E-state index in [0.717, 1.165) is 18.9 Å². The first-order valence-electron chi connectivity index (χ1n) is 6.22. The highest BCUT2D eigenvalue weighted by atomic mass is 19.4. The molecule has 1 aliphatic carbocycles. The molecule has 106 valence electrons. The summed E-state index contributed by atoms with van der Waals surface area (Å²) in [5.74, 6) is -0.0707. The van der Waals surface area contributed by atoms with Gasteiger partial charge in [0.05, 0.1) is 5.56 Å². The second-order valence-electron chi connectivity index (χ2n) is 4.95. The molecule has 2 N–H and O–H groups in total. The number of rotatable bonds is 2. The zero-order chi connectivity index (χ0) is 14.5. The van der Waals surface area contributed by atoms with E-state index in [9.17, 15) is 18.0 Å². The molecule has 1 saturated carbocycles. The fourth-order valence-electron chi connectivity index (χ4n) is 2.50. The van der Waals surface area contributed by atoms with Crippen LogP contribution in [0.25, 0.3) is 0 Å². The summed E-state index contributed by atoms with van der Waals surface area (Å²) in [7, 11) is 0. The van der Waals surface area contributed by atoms with Crippen molar-refractivity contribution in [2.75, 3.05) is 0 Å². The van der Waals surface area contributed by atoms with Gasteiger partial charge in [-0.2, -0.15) is 18.2 Å². The molecule has 1 aromatic rings. The van der Waals surface area contributed by atoms with Crippen LogP contribution in [0.5, 0.6) is 0 Å². The Balaban J connectivity index is 2.08. The zero-order valence-corrected chi connectivity index (χ0v) is 10.4. The first-order valence-corrected chi connectivity index (χ1v) is 6.22. The van der Waals surface area contributed by atoms with Crippen molar-refractivity contribution in [3.63, 3.8) is 0 Å². The van der Waals surface area contributed by atoms with E-state index in [-0.39, 0.29) is 17.4 Å². The Bertz CT molecular complexity index is 593. The second-order valence-corrected chi connectivity index (χ2v) is 4.95. The van der Waals surface area contributed by atoms with Gasteiger partial charge >= 0.3 is 12.2 Å². The van der Waals surface area contributed by atoms with Gasteiger partial charge in [-0.25, -0.2) is 4.79 Å². The lowest BCUT2D eigenvalue weighted by atomic mass is 9.98. The number of nitrogens with zero attached hydrogens (tertiary/aromatic N) is 2. The number of carbonyl (C=O) groups is 1. The molecule has 2 amide bonds. The van der Waals surface area contributed by atoms with Crippen LogP contribution in [0.2, 0.25) is 0 Å². The number of carbonyl (C=O) groups excluding carboxylic acids is 1. The Morgan fingerprint density at radius 3 is 2.50 bits per heavy atom. The molecule has 1 heterocycles. The lowest BCUT2D eigenvalue weighted by Crippen LogP contribution is -2.36. The van der Waals surface area contributed by atoms with Crippen molar-refractivity contribution < 1.29 is 18.0 Å². The zero-order valence-electron chi connectivity index (χ0n) is 10.4. The molecule has 4 nitrogen and oxygen atoms in total. The minimum atomic E-state index is -4.49. The van der Waals surface area contributed by atoms with E-state index in [2.05, 4.69) is 4.99 Å². The van der Waals surface area contributed by atoms with Crippen LogP contribution in [0, 0.1) is 0 Å². The van der Waals surface area contributed by atoms with E-state index in [4.69, 9.17) is 5.73 Å². The summed E-state index contributed by atoms with van der Waals surface area (Å²) in [6.45, 7) is 0. The predicted octanol–water partition coefficient (Wildman–Crippen LogP) is 2.70. The number of aliphatic imine (C=N–C) groups is 1. The number of halogens is 3. The third-order valence-corrected chi connectivity index (χ3v) is 3.50. The van der Waals surface area contributed by atoms with E-state index in [1.807, 2.05) is 0 Å². The standard InChI is InChI=1S/C13H12F3N3O/c14-13(15,16)9-4-2-1-3-8(9)10-11(17)18-12(20)19(10)7-5-6-7/h1-4,7,10H,5-6H2,(H2,17,18,20). The molecule has 1 atom stereocenters. The topological polar surface area (TPSA) is 58.7 Å². The van der Waals surface area contributed by atoms with Crippen molar-refractivity contribution in [3.05, 3.63) is 35.4 Å². The minimum absolute atomic E-state index is 0.0148. The number of amidine groups is 1. The van der Waals surface area contributed by atoms with E-state index < -0.39 is 23.8 Å². The number of urea groups is 1. The summed E-state index contributed by atoms with van der Waals surface area (Å²) < 4.78 is 39.3. The van der Waals surface area contributed by atoms with E-state index >= 15 is 0 Å². The molecule has 0 bridgehead atoms. The molecule has 2 aliphatic rings. The number of hydrogen-bond donors (Lipinski definition) is 1. The Kier molecular flexibility index (Phi) is 2.74. The molecule has 20 heavy (non-hydrogen) atoms. The van der Waals surface area contributed by atoms with Crippen LogP contribution in [-0.2, 0) is 6.18 Å². The largest absolute Gasteiger partial charge is 0.416 e. The highest BCUT2D eigenvalue weighted by molar-refractivity contribution is 6.03. The maximum Gasteiger partial charge on any atom is 0.416 e. The smallest absolute Gasteiger partial charge is 0.385 e. The van der Waals surface area contributed by atoms with Crippen LogP contribution in [-0.4, -0.2) is 22.8 Å². The van der Waals surface area contributed by atoms with Gasteiger partial charge in [-0.15, -0.1) is 0 Å². The molecule has 1 aromatic carbocycles. The molecule has 0 aromatic heterocycles. The molecule has 0 spiro atoms. The molecule has 1 fully saturated rings. The Labute approximate surface area is 113 Å². The summed E-state index contributed by atoms with van der Waals surface area (Å²) in [6, 6.07) is 3.66. The van der Waals surface area contributed by atoms with Gasteiger partial charge in [-0.1, -0.05) is 18.2 Å². The second kappa shape index (κ2) is 4.22. The quantitative estimate of drug-likeness (QED) is 0.907. The van der Waals surface area contributed by atoms with Crippen LogP contribution >= 0.6 is 0 Å². The van der Waals surface area contributed by atoms with Crippen molar-refractivity contribution in [1.29, 1.82) is 0 Å². The normalized spacial score (nSPS) is 23.1. The molecule has 1 aliphatic heterocycles. The van der Waals surface area contributed by atoms with Crippen LogP contribution in [0.15, 0.2) is 29.3 Å². The predicted molar refractivity (Wildman–Crippen MR) is 66.1 cm³/mol. The Hall–Kier alpha value is -2.05. The van der Waals surface area contributed by atoms with Crippen molar-refractivity contribution in [3.8, 4) is 0 Å². The maximum atomic E-state index is 13.1. The molecule has 1 unspecified atom stereocenters. The number of alkyl halides is 3. The van der Waals surface area contributed by atoms with Crippen LogP contribution in [0.4, 0.5) is 18.0 Å². The lowest BCUT2D eigenvalue weighted by Gasteiger charge is -2.26. The molecule has 7 heteroatoms. The van der Waals surface area contributed by atoms with Gasteiger partial charge < -0.3 is 10.6 Å². The van der Waals surface area contributed by atoms with Crippen molar-refractivity contribution >= 4 is 11.9 Å². The molecule has 0 radical (unpaired) electrons. The molecule has 0 saturated heterocycles. The van der Waals surface area contributed by atoms with Gasteiger partial charge in [0.1, 0.15) is 11.9 Å². The third kappa shape index (κ3) is 2.03. The van der Waals surface area contributed by atoms with E-state index in [1.54, 1.807) is 0 Å². The number of nitrogens with two attached hydrogens (primary N) is 1. The summed E-state index contributed by atoms with van der Waals surface area (Å²) >= 11 is 0. The third-order valence-electron chi connectivity index (χ3n) is 3.50. The fraction of sp³-hybridized carbons (Fsp3) is 0.385. The Morgan fingerprint density at radius 2 is 1.90 bits per heavy atom. The van der Waals surface area contributed by atoms with Gasteiger partial charge in [0.2, 0.25) is 0 Å². The summed E-state index contributed by atoms with van der Waals surface area (Å²) in [4.78, 5) is 16.8. The first kappa shape index (κ1) is 13.0. The highest BCUT2D eigenvalue weighted by Crippen LogP contribution is 2.42. The van der Waals surface area contributed by atoms with Gasteiger partial charge in [-0.3, -0.25) is 0 Å². The van der Waals surface area contributed by atoms with Gasteiger partial charge in [0.15, 0.2) is 0 Å². The number of benzene rings is 1. The average Bonchev–Trinajstić information content (AvgIpc) is 3.14. The molecule has 3 rings (SSSR count). The van der Waals surface area contributed by atoms with Crippen LogP contribution in [0.3, 0.4) is 0 Å². The number of hydrogen-bond acceptors (Lipinski definition) is 2. The van der Waals surface area contributed by atoms with Gasteiger partial charge in [0.25, 0.3) is 0 Å². The van der Waals surface area contributed by atoms with Crippen molar-refractivity contribution in [2.45, 2.75) is 31.1 Å². The summed E-state index contributed by atoms with van der Waals surface area (Å²) in [6.07, 6.45) is -2.93. The van der Waals surface area contributed by atoms with Crippen LogP contribution < -0.4 is 5.73 Å². The molecular weight excluding hydrogens is 271 g/mol. The summed E-state index contributed by atoms with van der Waals surface area (Å²) in [5, 5.41) is 0. The summed E-state index contributed by atoms with van der Waals surface area (Å²) in [5.41, 5.74) is 4.90.